The molecule has 1 N–H and O–H groups in total. The Hall–Kier alpha value is -3.14. The Labute approximate surface area is 107 Å². The zero-order chi connectivity index (χ0) is 14.3. The largest absolute Gasteiger partial charge is 0.477 e. The molecule has 0 atom stereocenters. The number of allylic oxidation sites excluding steroid dienone is 4. The summed E-state index contributed by atoms with van der Waals surface area (Å²) in [7, 11) is 0. The van der Waals surface area contributed by atoms with Gasteiger partial charge < -0.3 is 9.52 Å². The summed E-state index contributed by atoms with van der Waals surface area (Å²) in [6.07, 6.45) is 8.28. The summed E-state index contributed by atoms with van der Waals surface area (Å²) >= 11 is 0. The van der Waals surface area contributed by atoms with E-state index in [9.17, 15) is 14.9 Å². The van der Waals surface area contributed by atoms with Crippen molar-refractivity contribution in [1.82, 2.24) is 0 Å². The molecule has 0 spiro atoms. The summed E-state index contributed by atoms with van der Waals surface area (Å²) < 4.78 is 4.66. The number of aliphatic carboxylic acids is 1. The number of nitriles is 1. The van der Waals surface area contributed by atoms with E-state index < -0.39 is 10.9 Å². The van der Waals surface area contributed by atoms with Gasteiger partial charge in [0.05, 0.1) is 6.07 Å². The molecule has 0 radical (unpaired) electrons. The predicted molar refractivity (Wildman–Crippen MR) is 64.9 cm³/mol. The zero-order valence-electron chi connectivity index (χ0n) is 9.52. The summed E-state index contributed by atoms with van der Waals surface area (Å²) in [5, 5.41) is 27.3. The normalized spacial score (nSPS) is 11.8. The fourth-order valence-electron chi connectivity index (χ4n) is 1.06. The smallest absolute Gasteiger partial charge is 0.433 e. The van der Waals surface area contributed by atoms with Crippen LogP contribution in [0.5, 0.6) is 0 Å². The standard InChI is InChI=1S/C12H8N2O5/c13-7-10(12(15)16)5-3-1-2-4-9-6-11(14(17)18)19-8-9/h1-6,8H,(H,15,16). The quantitative estimate of drug-likeness (QED) is 0.285. The molecule has 1 aromatic heterocycles. The lowest BCUT2D eigenvalue weighted by Crippen LogP contribution is -1.96. The minimum atomic E-state index is -1.30. The molecule has 7 nitrogen and oxygen atoms in total. The highest BCUT2D eigenvalue weighted by molar-refractivity contribution is 5.91. The van der Waals surface area contributed by atoms with Crippen LogP contribution < -0.4 is 0 Å². The average Bonchev–Trinajstić information content (AvgIpc) is 2.82. The van der Waals surface area contributed by atoms with Gasteiger partial charge in [-0.05, 0) is 6.08 Å². The topological polar surface area (TPSA) is 117 Å². The van der Waals surface area contributed by atoms with Gasteiger partial charge in [-0.15, -0.1) is 0 Å². The summed E-state index contributed by atoms with van der Waals surface area (Å²) in [6.45, 7) is 0. The van der Waals surface area contributed by atoms with E-state index in [0.717, 1.165) is 6.08 Å². The zero-order valence-corrected chi connectivity index (χ0v) is 9.52. The van der Waals surface area contributed by atoms with Crippen molar-refractivity contribution in [2.24, 2.45) is 0 Å². The molecule has 0 amide bonds. The van der Waals surface area contributed by atoms with Gasteiger partial charge in [0.25, 0.3) is 0 Å². The van der Waals surface area contributed by atoms with Crippen LogP contribution >= 0.6 is 0 Å². The Morgan fingerprint density at radius 1 is 1.47 bits per heavy atom. The number of nitro groups is 1. The summed E-state index contributed by atoms with van der Waals surface area (Å²) in [5.74, 6) is -1.66. The minimum absolute atomic E-state index is 0.360. The lowest BCUT2D eigenvalue weighted by Gasteiger charge is -1.83. The second-order valence-corrected chi connectivity index (χ2v) is 3.22. The molecule has 0 saturated heterocycles. The molecule has 0 aromatic carbocycles. The second kappa shape index (κ2) is 6.56. The fourth-order valence-corrected chi connectivity index (χ4v) is 1.06. The Bertz CT molecular complexity index is 616. The first-order valence-electron chi connectivity index (χ1n) is 4.96. The molecule has 0 bridgehead atoms. The van der Waals surface area contributed by atoms with Crippen molar-refractivity contribution < 1.29 is 19.2 Å². The number of carbonyl (C=O) groups is 1. The molecule has 96 valence electrons. The summed E-state index contributed by atoms with van der Waals surface area (Å²) in [6, 6.07) is 2.77. The van der Waals surface area contributed by atoms with Crippen molar-refractivity contribution >= 4 is 17.9 Å². The van der Waals surface area contributed by atoms with Crippen LogP contribution in [0.15, 0.2) is 46.6 Å². The molecule has 0 fully saturated rings. The van der Waals surface area contributed by atoms with Crippen LogP contribution in [-0.2, 0) is 4.79 Å². The predicted octanol–water partition coefficient (Wildman–Crippen LogP) is 2.29. The van der Waals surface area contributed by atoms with Gasteiger partial charge in [0.15, 0.2) is 0 Å². The van der Waals surface area contributed by atoms with Crippen LogP contribution in [0, 0.1) is 21.4 Å². The Kier molecular flexibility index (Phi) is 4.81. The molecule has 0 aliphatic rings. The van der Waals surface area contributed by atoms with Crippen LogP contribution in [0.2, 0.25) is 0 Å². The average molecular weight is 260 g/mol. The molecular weight excluding hydrogens is 252 g/mol. The molecule has 0 aliphatic heterocycles. The van der Waals surface area contributed by atoms with Crippen LogP contribution in [-0.4, -0.2) is 16.0 Å². The number of hydrogen-bond acceptors (Lipinski definition) is 5. The summed E-state index contributed by atoms with van der Waals surface area (Å²) in [4.78, 5) is 20.2. The van der Waals surface area contributed by atoms with E-state index >= 15 is 0 Å². The first-order valence-corrected chi connectivity index (χ1v) is 4.96. The van der Waals surface area contributed by atoms with Crippen molar-refractivity contribution in [3.63, 3.8) is 0 Å². The number of furan rings is 1. The second-order valence-electron chi connectivity index (χ2n) is 3.22. The first-order chi connectivity index (χ1) is 9.04. The third-order valence-electron chi connectivity index (χ3n) is 1.91. The van der Waals surface area contributed by atoms with E-state index in [4.69, 9.17) is 10.4 Å². The maximum atomic E-state index is 10.5. The number of carboxylic acids is 1. The monoisotopic (exact) mass is 260 g/mol. The maximum Gasteiger partial charge on any atom is 0.433 e. The van der Waals surface area contributed by atoms with Gasteiger partial charge in [0.1, 0.15) is 22.8 Å². The third kappa shape index (κ3) is 4.32. The van der Waals surface area contributed by atoms with Gasteiger partial charge in [-0.2, -0.15) is 5.26 Å². The fraction of sp³-hybridized carbons (Fsp3) is 0. The van der Waals surface area contributed by atoms with E-state index in [2.05, 4.69) is 4.42 Å². The van der Waals surface area contributed by atoms with Crippen molar-refractivity contribution in [2.45, 2.75) is 0 Å². The highest BCUT2D eigenvalue weighted by atomic mass is 16.6. The third-order valence-corrected chi connectivity index (χ3v) is 1.91. The SMILES string of the molecule is N#CC(=CC=CC=Cc1coc([N+](=O)[O-])c1)C(=O)O. The van der Waals surface area contributed by atoms with Crippen molar-refractivity contribution in [3.8, 4) is 6.07 Å². The lowest BCUT2D eigenvalue weighted by atomic mass is 10.2. The van der Waals surface area contributed by atoms with Crippen molar-refractivity contribution in [2.75, 3.05) is 0 Å². The first kappa shape index (κ1) is 13.9. The number of carboxylic acid groups (broad SMARTS) is 1. The Balaban J connectivity index is 2.66. The van der Waals surface area contributed by atoms with E-state index in [1.165, 1.54) is 42.7 Å². The van der Waals surface area contributed by atoms with Gasteiger partial charge in [-0.3, -0.25) is 10.1 Å². The molecule has 0 unspecified atom stereocenters. The van der Waals surface area contributed by atoms with Crippen molar-refractivity contribution in [1.29, 1.82) is 5.26 Å². The van der Waals surface area contributed by atoms with Gasteiger partial charge in [-0.1, -0.05) is 24.3 Å². The van der Waals surface area contributed by atoms with Crippen LogP contribution in [0.4, 0.5) is 5.88 Å². The Morgan fingerprint density at radius 2 is 2.21 bits per heavy atom. The molecular formula is C12H8N2O5. The molecule has 0 saturated carbocycles. The van der Waals surface area contributed by atoms with Gasteiger partial charge in [0, 0.05) is 5.56 Å². The number of rotatable bonds is 5. The van der Waals surface area contributed by atoms with Gasteiger partial charge in [-0.25, -0.2) is 4.79 Å². The van der Waals surface area contributed by atoms with Gasteiger partial charge in [0.2, 0.25) is 0 Å². The van der Waals surface area contributed by atoms with E-state index in [1.54, 1.807) is 0 Å². The van der Waals surface area contributed by atoms with Crippen molar-refractivity contribution in [3.05, 3.63) is 57.9 Å². The molecule has 19 heavy (non-hydrogen) atoms. The molecule has 1 heterocycles. The molecule has 7 heteroatoms. The van der Waals surface area contributed by atoms with Gasteiger partial charge >= 0.3 is 11.9 Å². The van der Waals surface area contributed by atoms with E-state index in [1.807, 2.05) is 0 Å². The molecule has 0 aliphatic carbocycles. The molecule has 1 rings (SSSR count). The van der Waals surface area contributed by atoms with E-state index in [0.29, 0.717) is 5.56 Å². The Morgan fingerprint density at radius 3 is 2.74 bits per heavy atom. The number of hydrogen-bond donors (Lipinski definition) is 1. The van der Waals surface area contributed by atoms with Crippen LogP contribution in [0.25, 0.3) is 6.08 Å². The highest BCUT2D eigenvalue weighted by Gasteiger charge is 2.09. The highest BCUT2D eigenvalue weighted by Crippen LogP contribution is 2.16. The van der Waals surface area contributed by atoms with Crippen LogP contribution in [0.3, 0.4) is 0 Å². The summed E-state index contributed by atoms with van der Waals surface area (Å²) in [5.41, 5.74) is 0.114. The number of nitrogens with zero attached hydrogens (tertiary/aromatic N) is 2. The minimum Gasteiger partial charge on any atom is -0.477 e. The van der Waals surface area contributed by atoms with Crippen LogP contribution in [0.1, 0.15) is 5.56 Å². The lowest BCUT2D eigenvalue weighted by molar-refractivity contribution is -0.402. The van der Waals surface area contributed by atoms with E-state index in [-0.39, 0.29) is 11.5 Å². The molecule has 1 aromatic rings. The maximum absolute atomic E-state index is 10.5.